The minimum atomic E-state index is -0.918. The molecule has 0 aliphatic carbocycles. The van der Waals surface area contributed by atoms with E-state index in [-0.39, 0.29) is 11.7 Å². The minimum Gasteiger partial charge on any atom is -0.373 e. The summed E-state index contributed by atoms with van der Waals surface area (Å²) in [5.74, 6) is -2.75. The Morgan fingerprint density at radius 3 is 2.52 bits per heavy atom. The number of hydrogen-bond donors (Lipinski definition) is 2. The highest BCUT2D eigenvalue weighted by atomic mass is 19.1. The lowest BCUT2D eigenvalue weighted by Crippen LogP contribution is -2.16. The van der Waals surface area contributed by atoms with Gasteiger partial charge in [0.2, 0.25) is 0 Å². The van der Waals surface area contributed by atoms with E-state index in [1.165, 1.54) is 0 Å². The number of anilines is 1. The van der Waals surface area contributed by atoms with E-state index < -0.39 is 17.5 Å². The van der Waals surface area contributed by atoms with Crippen molar-refractivity contribution < 1.29 is 13.2 Å². The maximum absolute atomic E-state index is 13.8. The summed E-state index contributed by atoms with van der Waals surface area (Å²) in [5, 5.41) is 6.15. The average molecular weight is 292 g/mol. The van der Waals surface area contributed by atoms with Crippen molar-refractivity contribution in [1.82, 2.24) is 5.32 Å². The van der Waals surface area contributed by atoms with Gasteiger partial charge in [0.25, 0.3) is 0 Å². The summed E-state index contributed by atoms with van der Waals surface area (Å²) in [5.41, 5.74) is 1.82. The van der Waals surface area contributed by atoms with Gasteiger partial charge in [0, 0.05) is 18.7 Å². The molecule has 1 aliphatic heterocycles. The molecule has 1 aliphatic rings. The van der Waals surface area contributed by atoms with E-state index in [0.717, 1.165) is 24.2 Å². The van der Waals surface area contributed by atoms with Crippen molar-refractivity contribution in [2.45, 2.75) is 19.0 Å². The van der Waals surface area contributed by atoms with Crippen molar-refractivity contribution in [3.8, 4) is 0 Å². The lowest BCUT2D eigenvalue weighted by Gasteiger charge is -2.21. The van der Waals surface area contributed by atoms with Crippen LogP contribution in [0.2, 0.25) is 0 Å². The van der Waals surface area contributed by atoms with Gasteiger partial charge >= 0.3 is 0 Å². The molecule has 2 aromatic carbocycles. The molecular formula is C16H15F3N2. The van der Waals surface area contributed by atoms with Crippen LogP contribution in [0.5, 0.6) is 0 Å². The number of hydrogen-bond acceptors (Lipinski definition) is 2. The Bertz CT molecular complexity index is 635. The molecule has 0 aromatic heterocycles. The molecule has 1 heterocycles. The van der Waals surface area contributed by atoms with Crippen molar-refractivity contribution in [2.24, 2.45) is 0 Å². The lowest BCUT2D eigenvalue weighted by molar-refractivity contribution is 0.541. The SMILES string of the molecule is Fc1cc(F)c(NC2CCNCc3ccccc32)c(F)c1. The molecule has 2 nitrogen and oxygen atoms in total. The second-order valence-electron chi connectivity index (χ2n) is 5.11. The van der Waals surface area contributed by atoms with Crippen molar-refractivity contribution in [1.29, 1.82) is 0 Å². The molecule has 0 amide bonds. The number of nitrogens with one attached hydrogen (secondary N) is 2. The van der Waals surface area contributed by atoms with Crippen LogP contribution >= 0.6 is 0 Å². The Hall–Kier alpha value is -2.01. The van der Waals surface area contributed by atoms with Gasteiger partial charge in [-0.1, -0.05) is 24.3 Å². The zero-order valence-electron chi connectivity index (χ0n) is 11.3. The van der Waals surface area contributed by atoms with Crippen LogP contribution in [0.4, 0.5) is 18.9 Å². The average Bonchev–Trinajstić information content (AvgIpc) is 2.65. The van der Waals surface area contributed by atoms with E-state index in [9.17, 15) is 13.2 Å². The van der Waals surface area contributed by atoms with E-state index in [2.05, 4.69) is 10.6 Å². The first-order chi connectivity index (χ1) is 10.1. The van der Waals surface area contributed by atoms with E-state index in [0.29, 0.717) is 18.6 Å². The van der Waals surface area contributed by atoms with Gasteiger partial charge in [-0.15, -0.1) is 0 Å². The molecule has 21 heavy (non-hydrogen) atoms. The molecule has 110 valence electrons. The monoisotopic (exact) mass is 292 g/mol. The summed E-state index contributed by atoms with van der Waals surface area (Å²) in [4.78, 5) is 0. The number of fused-ring (bicyclic) bond motifs is 1. The first kappa shape index (κ1) is 13.9. The Morgan fingerprint density at radius 2 is 1.76 bits per heavy atom. The van der Waals surface area contributed by atoms with Gasteiger partial charge < -0.3 is 10.6 Å². The van der Waals surface area contributed by atoms with E-state index in [1.54, 1.807) is 0 Å². The molecular weight excluding hydrogens is 277 g/mol. The second-order valence-corrected chi connectivity index (χ2v) is 5.11. The highest BCUT2D eigenvalue weighted by Crippen LogP contribution is 2.30. The standard InChI is InChI=1S/C16H15F3N2/c17-11-7-13(18)16(14(19)8-11)21-15-5-6-20-9-10-3-1-2-4-12(10)15/h1-4,7-8,15,20-21H,5-6,9H2. The molecule has 0 fully saturated rings. The molecule has 1 unspecified atom stereocenters. The second kappa shape index (κ2) is 5.77. The van der Waals surface area contributed by atoms with Crippen LogP contribution in [-0.2, 0) is 6.54 Å². The summed E-state index contributed by atoms with van der Waals surface area (Å²) in [7, 11) is 0. The van der Waals surface area contributed by atoms with Crippen LogP contribution in [-0.4, -0.2) is 6.54 Å². The zero-order valence-corrected chi connectivity index (χ0v) is 11.3. The summed E-state index contributed by atoms with van der Waals surface area (Å²) >= 11 is 0. The molecule has 1 atom stereocenters. The minimum absolute atomic E-state index is 0.217. The summed E-state index contributed by atoms with van der Waals surface area (Å²) < 4.78 is 40.5. The van der Waals surface area contributed by atoms with Crippen molar-refractivity contribution in [2.75, 3.05) is 11.9 Å². The molecule has 2 N–H and O–H groups in total. The third-order valence-corrected chi connectivity index (χ3v) is 3.68. The molecule has 0 spiro atoms. The maximum Gasteiger partial charge on any atom is 0.152 e. The van der Waals surface area contributed by atoms with Crippen LogP contribution in [0.15, 0.2) is 36.4 Å². The van der Waals surface area contributed by atoms with Crippen molar-refractivity contribution in [3.05, 3.63) is 65.0 Å². The molecule has 0 radical (unpaired) electrons. The van der Waals surface area contributed by atoms with Crippen molar-refractivity contribution >= 4 is 5.69 Å². The molecule has 2 aromatic rings. The molecule has 0 saturated heterocycles. The Labute approximate surface area is 121 Å². The molecule has 3 rings (SSSR count). The smallest absolute Gasteiger partial charge is 0.152 e. The van der Waals surface area contributed by atoms with E-state index in [4.69, 9.17) is 0 Å². The van der Waals surface area contributed by atoms with E-state index in [1.807, 2.05) is 24.3 Å². The fraction of sp³-hybridized carbons (Fsp3) is 0.250. The highest BCUT2D eigenvalue weighted by molar-refractivity contribution is 5.49. The van der Waals surface area contributed by atoms with Gasteiger partial charge in [-0.05, 0) is 24.1 Å². The fourth-order valence-electron chi connectivity index (χ4n) is 2.66. The fourth-order valence-corrected chi connectivity index (χ4v) is 2.66. The normalized spacial score (nSPS) is 18.0. The lowest BCUT2D eigenvalue weighted by atomic mass is 9.99. The largest absolute Gasteiger partial charge is 0.373 e. The highest BCUT2D eigenvalue weighted by Gasteiger charge is 2.21. The topological polar surface area (TPSA) is 24.1 Å². The van der Waals surface area contributed by atoms with Crippen LogP contribution in [0.25, 0.3) is 0 Å². The van der Waals surface area contributed by atoms with Gasteiger partial charge in [-0.2, -0.15) is 0 Å². The predicted molar refractivity (Wildman–Crippen MR) is 75.4 cm³/mol. The van der Waals surface area contributed by atoms with Gasteiger partial charge in [0.05, 0.1) is 6.04 Å². The van der Waals surface area contributed by atoms with Crippen LogP contribution in [0, 0.1) is 17.5 Å². The Morgan fingerprint density at radius 1 is 1.05 bits per heavy atom. The third-order valence-electron chi connectivity index (χ3n) is 3.68. The van der Waals surface area contributed by atoms with Gasteiger partial charge in [0.15, 0.2) is 11.6 Å². The summed E-state index contributed by atoms with van der Waals surface area (Å²) in [6.45, 7) is 1.46. The Balaban J connectivity index is 1.95. The van der Waals surface area contributed by atoms with Crippen LogP contribution < -0.4 is 10.6 Å². The van der Waals surface area contributed by atoms with Crippen LogP contribution in [0.3, 0.4) is 0 Å². The van der Waals surface area contributed by atoms with Crippen molar-refractivity contribution in [3.63, 3.8) is 0 Å². The number of rotatable bonds is 2. The maximum atomic E-state index is 13.8. The van der Waals surface area contributed by atoms with Gasteiger partial charge in [-0.3, -0.25) is 0 Å². The first-order valence-electron chi connectivity index (χ1n) is 6.85. The Kier molecular flexibility index (Phi) is 3.84. The van der Waals surface area contributed by atoms with Gasteiger partial charge in [-0.25, -0.2) is 13.2 Å². The summed E-state index contributed by atoms with van der Waals surface area (Å²) in [6, 6.07) is 8.92. The predicted octanol–water partition coefficient (Wildman–Crippen LogP) is 3.75. The quantitative estimate of drug-likeness (QED) is 0.881. The molecule has 5 heteroatoms. The van der Waals surface area contributed by atoms with Gasteiger partial charge in [0.1, 0.15) is 11.5 Å². The molecule has 0 bridgehead atoms. The third kappa shape index (κ3) is 2.88. The first-order valence-corrected chi connectivity index (χ1v) is 6.85. The van der Waals surface area contributed by atoms with Crippen LogP contribution in [0.1, 0.15) is 23.6 Å². The number of benzene rings is 2. The number of halogens is 3. The molecule has 0 saturated carbocycles. The summed E-state index contributed by atoms with van der Waals surface area (Å²) in [6.07, 6.45) is 0.688. The zero-order chi connectivity index (χ0) is 14.8. The van der Waals surface area contributed by atoms with E-state index >= 15 is 0 Å².